The van der Waals surface area contributed by atoms with E-state index in [2.05, 4.69) is 15.8 Å². The van der Waals surface area contributed by atoms with E-state index in [1.54, 1.807) is 32.0 Å². The molecule has 10 heteroatoms. The van der Waals surface area contributed by atoms with Gasteiger partial charge in [0.1, 0.15) is 11.5 Å². The van der Waals surface area contributed by atoms with Crippen molar-refractivity contribution in [2.75, 3.05) is 30.1 Å². The first-order chi connectivity index (χ1) is 13.8. The van der Waals surface area contributed by atoms with Gasteiger partial charge in [-0.2, -0.15) is 0 Å². The molecule has 0 bridgehead atoms. The molecule has 0 radical (unpaired) electrons. The number of carbonyl (C=O) groups is 3. The van der Waals surface area contributed by atoms with Crippen LogP contribution in [0.4, 0.5) is 11.5 Å². The SMILES string of the molecule is COc1ccc(C)cc1NC(=O)COC(=O)CS[C@@H](C)C(=O)Nc1cc(C)on1. The number of aromatic nitrogens is 1. The molecule has 9 nitrogen and oxygen atoms in total. The van der Waals surface area contributed by atoms with Crippen molar-refractivity contribution in [3.05, 3.63) is 35.6 Å². The van der Waals surface area contributed by atoms with Crippen LogP contribution >= 0.6 is 11.8 Å². The number of nitrogens with zero attached hydrogens (tertiary/aromatic N) is 1. The van der Waals surface area contributed by atoms with Crippen molar-refractivity contribution < 1.29 is 28.4 Å². The summed E-state index contributed by atoms with van der Waals surface area (Å²) in [6.07, 6.45) is 0. The summed E-state index contributed by atoms with van der Waals surface area (Å²) in [4.78, 5) is 35.9. The molecule has 0 saturated carbocycles. The minimum absolute atomic E-state index is 0.0759. The van der Waals surface area contributed by atoms with E-state index in [1.807, 2.05) is 13.0 Å². The molecule has 0 aliphatic carbocycles. The average molecular weight is 421 g/mol. The van der Waals surface area contributed by atoms with Crippen LogP contribution in [-0.2, 0) is 19.1 Å². The summed E-state index contributed by atoms with van der Waals surface area (Å²) >= 11 is 1.09. The summed E-state index contributed by atoms with van der Waals surface area (Å²) < 4.78 is 15.0. The summed E-state index contributed by atoms with van der Waals surface area (Å²) in [5.41, 5.74) is 1.44. The third-order valence-corrected chi connectivity index (χ3v) is 4.81. The number of rotatable bonds is 9. The molecule has 2 amide bonds. The highest BCUT2D eigenvalue weighted by Gasteiger charge is 2.18. The largest absolute Gasteiger partial charge is 0.495 e. The van der Waals surface area contributed by atoms with Gasteiger partial charge >= 0.3 is 5.97 Å². The van der Waals surface area contributed by atoms with Crippen LogP contribution in [0, 0.1) is 13.8 Å². The van der Waals surface area contributed by atoms with E-state index >= 15 is 0 Å². The number of anilines is 2. The quantitative estimate of drug-likeness (QED) is 0.593. The van der Waals surface area contributed by atoms with Crippen molar-refractivity contribution in [3.8, 4) is 5.75 Å². The first-order valence-corrected chi connectivity index (χ1v) is 9.79. The molecule has 0 unspecified atom stereocenters. The normalized spacial score (nSPS) is 11.4. The topological polar surface area (TPSA) is 120 Å². The summed E-state index contributed by atoms with van der Waals surface area (Å²) in [6, 6.07) is 6.93. The van der Waals surface area contributed by atoms with E-state index < -0.39 is 23.7 Å². The van der Waals surface area contributed by atoms with E-state index in [0.717, 1.165) is 17.3 Å². The molecule has 0 saturated heterocycles. The number of hydrogen-bond donors (Lipinski definition) is 2. The number of methoxy groups -OCH3 is 1. The van der Waals surface area contributed by atoms with E-state index in [0.29, 0.717) is 23.0 Å². The smallest absolute Gasteiger partial charge is 0.316 e. The summed E-state index contributed by atoms with van der Waals surface area (Å²) in [5.74, 6) is -0.0874. The minimum atomic E-state index is -0.599. The molecule has 1 atom stereocenters. The Labute approximate surface area is 172 Å². The van der Waals surface area contributed by atoms with Crippen molar-refractivity contribution in [2.24, 2.45) is 0 Å². The number of ether oxygens (including phenoxy) is 2. The predicted molar refractivity (Wildman–Crippen MR) is 109 cm³/mol. The molecule has 0 aliphatic rings. The van der Waals surface area contributed by atoms with Gasteiger partial charge < -0.3 is 24.6 Å². The summed E-state index contributed by atoms with van der Waals surface area (Å²) in [5, 5.41) is 8.38. The maximum atomic E-state index is 12.0. The van der Waals surface area contributed by atoms with E-state index in [1.165, 1.54) is 7.11 Å². The lowest BCUT2D eigenvalue weighted by atomic mass is 10.2. The van der Waals surface area contributed by atoms with Crippen LogP contribution in [0.15, 0.2) is 28.8 Å². The Kier molecular flexibility index (Phi) is 8.08. The Hall–Kier alpha value is -3.01. The number of carbonyl (C=O) groups excluding carboxylic acids is 3. The number of nitrogens with one attached hydrogen (secondary N) is 2. The van der Waals surface area contributed by atoms with E-state index in [-0.39, 0.29) is 11.7 Å². The molecule has 0 aliphatic heterocycles. The first kappa shape index (κ1) is 22.3. The second kappa shape index (κ2) is 10.5. The molecule has 0 fully saturated rings. The predicted octanol–water partition coefficient (Wildman–Crippen LogP) is 2.54. The lowest BCUT2D eigenvalue weighted by Gasteiger charge is -2.12. The van der Waals surface area contributed by atoms with Crippen LogP contribution in [0.25, 0.3) is 0 Å². The first-order valence-electron chi connectivity index (χ1n) is 8.74. The summed E-state index contributed by atoms with van der Waals surface area (Å²) in [6.45, 7) is 4.81. The van der Waals surface area contributed by atoms with Crippen molar-refractivity contribution in [2.45, 2.75) is 26.0 Å². The van der Waals surface area contributed by atoms with Gasteiger partial charge in [-0.3, -0.25) is 14.4 Å². The molecule has 2 aromatic rings. The van der Waals surface area contributed by atoms with Gasteiger partial charge in [-0.15, -0.1) is 11.8 Å². The van der Waals surface area contributed by atoms with Crippen LogP contribution in [0.1, 0.15) is 18.2 Å². The van der Waals surface area contributed by atoms with Crippen molar-refractivity contribution in [1.82, 2.24) is 5.16 Å². The Morgan fingerprint density at radius 2 is 1.97 bits per heavy atom. The Balaban J connectivity index is 1.73. The van der Waals surface area contributed by atoms with Crippen LogP contribution in [0.2, 0.25) is 0 Å². The average Bonchev–Trinajstić information content (AvgIpc) is 3.09. The zero-order valence-corrected chi connectivity index (χ0v) is 17.4. The Bertz CT molecular complexity index is 883. The van der Waals surface area contributed by atoms with Crippen LogP contribution in [-0.4, -0.2) is 47.7 Å². The van der Waals surface area contributed by atoms with Gasteiger partial charge in [-0.25, -0.2) is 0 Å². The number of thioether (sulfide) groups is 1. The number of hydrogen-bond acceptors (Lipinski definition) is 8. The van der Waals surface area contributed by atoms with Gasteiger partial charge in [0.2, 0.25) is 5.91 Å². The highest BCUT2D eigenvalue weighted by molar-refractivity contribution is 8.01. The second-order valence-corrected chi connectivity index (χ2v) is 7.51. The van der Waals surface area contributed by atoms with Gasteiger partial charge in [0.05, 0.1) is 23.8 Å². The van der Waals surface area contributed by atoms with Crippen molar-refractivity contribution in [3.63, 3.8) is 0 Å². The standard InChI is InChI=1S/C19H23N3O6S/c1-11-5-6-15(26-4)14(7-11)20-17(23)9-27-18(24)10-29-13(3)19(25)21-16-8-12(2)28-22-16/h5-8,13H,9-10H2,1-4H3,(H,20,23)(H,21,22,25)/t13-/m0/s1. The fourth-order valence-corrected chi connectivity index (χ4v) is 2.90. The maximum Gasteiger partial charge on any atom is 0.316 e. The molecule has 1 heterocycles. The van der Waals surface area contributed by atoms with Crippen LogP contribution < -0.4 is 15.4 Å². The Morgan fingerprint density at radius 1 is 1.21 bits per heavy atom. The van der Waals surface area contributed by atoms with Gasteiger partial charge in [0.15, 0.2) is 12.4 Å². The number of aryl methyl sites for hydroxylation is 2. The highest BCUT2D eigenvalue weighted by Crippen LogP contribution is 2.25. The van der Waals surface area contributed by atoms with Crippen LogP contribution in [0.5, 0.6) is 5.75 Å². The molecular formula is C19H23N3O6S. The van der Waals surface area contributed by atoms with Gasteiger partial charge in [-0.05, 0) is 38.5 Å². The van der Waals surface area contributed by atoms with E-state index in [4.69, 9.17) is 14.0 Å². The second-order valence-electron chi connectivity index (χ2n) is 6.18. The third-order valence-electron chi connectivity index (χ3n) is 3.69. The molecule has 1 aromatic heterocycles. The molecule has 1 aromatic carbocycles. The van der Waals surface area contributed by atoms with Gasteiger partial charge in [-0.1, -0.05) is 11.2 Å². The zero-order valence-electron chi connectivity index (χ0n) is 16.6. The lowest BCUT2D eigenvalue weighted by Crippen LogP contribution is -2.25. The molecule has 29 heavy (non-hydrogen) atoms. The fraction of sp³-hybridized carbons (Fsp3) is 0.368. The van der Waals surface area contributed by atoms with Gasteiger partial charge in [0, 0.05) is 6.07 Å². The van der Waals surface area contributed by atoms with Crippen molar-refractivity contribution >= 4 is 41.1 Å². The van der Waals surface area contributed by atoms with Crippen molar-refractivity contribution in [1.29, 1.82) is 0 Å². The molecule has 2 rings (SSSR count). The number of benzene rings is 1. The zero-order chi connectivity index (χ0) is 21.4. The molecule has 2 N–H and O–H groups in total. The summed E-state index contributed by atoms with van der Waals surface area (Å²) in [7, 11) is 1.50. The highest BCUT2D eigenvalue weighted by atomic mass is 32.2. The molecule has 0 spiro atoms. The lowest BCUT2D eigenvalue weighted by molar-refractivity contribution is -0.144. The Morgan fingerprint density at radius 3 is 2.62 bits per heavy atom. The fourth-order valence-electron chi connectivity index (χ4n) is 2.22. The third kappa shape index (κ3) is 7.15. The molecular weight excluding hydrogens is 398 g/mol. The number of esters is 1. The number of amides is 2. The minimum Gasteiger partial charge on any atom is -0.495 e. The van der Waals surface area contributed by atoms with E-state index in [9.17, 15) is 14.4 Å². The molecule has 156 valence electrons. The van der Waals surface area contributed by atoms with Crippen LogP contribution in [0.3, 0.4) is 0 Å². The maximum absolute atomic E-state index is 12.0. The van der Waals surface area contributed by atoms with Gasteiger partial charge in [0.25, 0.3) is 5.91 Å². The monoisotopic (exact) mass is 421 g/mol.